The number of likely N-dealkylation sites (tertiary alicyclic amines) is 1. The van der Waals surface area contributed by atoms with Crippen LogP contribution in [-0.4, -0.2) is 30.1 Å². The summed E-state index contributed by atoms with van der Waals surface area (Å²) >= 11 is 0. The standard InChI is InChI=1S/C13H24N2O/c1-11-6-7-12(10-11)14-13(16)15-8-4-2-3-5-9-15/h11-12H,2-10H2,1H3,(H,14,16). The first kappa shape index (κ1) is 11.7. The van der Waals surface area contributed by atoms with Gasteiger partial charge in [-0.3, -0.25) is 0 Å². The Bertz CT molecular complexity index is 234. The molecule has 2 fully saturated rings. The van der Waals surface area contributed by atoms with E-state index in [4.69, 9.17) is 0 Å². The van der Waals surface area contributed by atoms with Gasteiger partial charge in [-0.05, 0) is 38.0 Å². The summed E-state index contributed by atoms with van der Waals surface area (Å²) in [5.41, 5.74) is 0. The Morgan fingerprint density at radius 1 is 1.12 bits per heavy atom. The second kappa shape index (κ2) is 5.55. The highest BCUT2D eigenvalue weighted by molar-refractivity contribution is 5.74. The van der Waals surface area contributed by atoms with Gasteiger partial charge >= 0.3 is 6.03 Å². The predicted molar refractivity (Wildman–Crippen MR) is 65.4 cm³/mol. The van der Waals surface area contributed by atoms with Crippen LogP contribution < -0.4 is 5.32 Å². The number of nitrogens with one attached hydrogen (secondary N) is 1. The molecule has 1 saturated carbocycles. The van der Waals surface area contributed by atoms with Crippen LogP contribution in [0, 0.1) is 5.92 Å². The predicted octanol–water partition coefficient (Wildman–Crippen LogP) is 2.76. The number of rotatable bonds is 1. The molecule has 16 heavy (non-hydrogen) atoms. The topological polar surface area (TPSA) is 32.3 Å². The van der Waals surface area contributed by atoms with Gasteiger partial charge in [0.25, 0.3) is 0 Å². The smallest absolute Gasteiger partial charge is 0.317 e. The maximum Gasteiger partial charge on any atom is 0.317 e. The van der Waals surface area contributed by atoms with Gasteiger partial charge in [0.15, 0.2) is 0 Å². The third-order valence-electron chi connectivity index (χ3n) is 3.92. The second-order valence-electron chi connectivity index (χ2n) is 5.47. The van der Waals surface area contributed by atoms with Crippen molar-refractivity contribution in [3.63, 3.8) is 0 Å². The summed E-state index contributed by atoms with van der Waals surface area (Å²) in [6.45, 7) is 4.18. The monoisotopic (exact) mass is 224 g/mol. The van der Waals surface area contributed by atoms with Crippen LogP contribution in [0.5, 0.6) is 0 Å². The molecule has 1 aliphatic heterocycles. The number of nitrogens with zero attached hydrogens (tertiary/aromatic N) is 1. The van der Waals surface area contributed by atoms with Gasteiger partial charge < -0.3 is 10.2 Å². The Balaban J connectivity index is 1.77. The van der Waals surface area contributed by atoms with Gasteiger partial charge in [-0.1, -0.05) is 19.8 Å². The Morgan fingerprint density at radius 2 is 1.81 bits per heavy atom. The lowest BCUT2D eigenvalue weighted by atomic mass is 10.1. The van der Waals surface area contributed by atoms with Gasteiger partial charge in [-0.25, -0.2) is 4.79 Å². The lowest BCUT2D eigenvalue weighted by molar-refractivity contribution is 0.195. The van der Waals surface area contributed by atoms with E-state index in [9.17, 15) is 4.79 Å². The fraction of sp³-hybridized carbons (Fsp3) is 0.923. The molecule has 2 atom stereocenters. The Labute approximate surface area is 98.6 Å². The molecule has 1 saturated heterocycles. The summed E-state index contributed by atoms with van der Waals surface area (Å²) in [6.07, 6.45) is 8.52. The van der Waals surface area contributed by atoms with E-state index in [1.54, 1.807) is 0 Å². The molecule has 1 N–H and O–H groups in total. The highest BCUT2D eigenvalue weighted by Gasteiger charge is 2.24. The summed E-state index contributed by atoms with van der Waals surface area (Å²) < 4.78 is 0. The first-order valence-corrected chi connectivity index (χ1v) is 6.81. The highest BCUT2D eigenvalue weighted by atomic mass is 16.2. The van der Waals surface area contributed by atoms with Crippen LogP contribution in [0.3, 0.4) is 0 Å². The number of carbonyl (C=O) groups excluding carboxylic acids is 1. The normalized spacial score (nSPS) is 31.2. The van der Waals surface area contributed by atoms with E-state index in [-0.39, 0.29) is 6.03 Å². The average Bonchev–Trinajstić information content (AvgIpc) is 2.56. The van der Waals surface area contributed by atoms with Crippen LogP contribution in [0.15, 0.2) is 0 Å². The average molecular weight is 224 g/mol. The molecule has 92 valence electrons. The molecule has 3 nitrogen and oxygen atoms in total. The summed E-state index contributed by atoms with van der Waals surface area (Å²) in [5.74, 6) is 0.787. The number of hydrogen-bond donors (Lipinski definition) is 1. The van der Waals surface area contributed by atoms with E-state index in [2.05, 4.69) is 12.2 Å². The fourth-order valence-corrected chi connectivity index (χ4v) is 2.88. The Hall–Kier alpha value is -0.730. The van der Waals surface area contributed by atoms with Gasteiger partial charge in [0.1, 0.15) is 0 Å². The van der Waals surface area contributed by atoms with E-state index >= 15 is 0 Å². The fourth-order valence-electron chi connectivity index (χ4n) is 2.88. The first-order valence-electron chi connectivity index (χ1n) is 6.81. The SMILES string of the molecule is CC1CCC(NC(=O)N2CCCCCC2)C1. The maximum atomic E-state index is 12.0. The van der Waals surface area contributed by atoms with Crippen LogP contribution in [-0.2, 0) is 0 Å². The largest absolute Gasteiger partial charge is 0.335 e. The van der Waals surface area contributed by atoms with Crippen LogP contribution in [0.1, 0.15) is 51.9 Å². The van der Waals surface area contributed by atoms with Gasteiger partial charge in [0.05, 0.1) is 0 Å². The molecule has 2 unspecified atom stereocenters. The lowest BCUT2D eigenvalue weighted by Crippen LogP contribution is -2.44. The molecule has 0 bridgehead atoms. The number of urea groups is 1. The zero-order chi connectivity index (χ0) is 11.4. The van der Waals surface area contributed by atoms with Crippen LogP contribution >= 0.6 is 0 Å². The zero-order valence-corrected chi connectivity index (χ0v) is 10.4. The van der Waals surface area contributed by atoms with Crippen molar-refractivity contribution in [2.45, 2.75) is 57.9 Å². The van der Waals surface area contributed by atoms with Crippen LogP contribution in [0.4, 0.5) is 4.79 Å². The van der Waals surface area contributed by atoms with Gasteiger partial charge in [0, 0.05) is 19.1 Å². The summed E-state index contributed by atoms with van der Waals surface area (Å²) in [4.78, 5) is 14.0. The number of amides is 2. The molecule has 1 aliphatic carbocycles. The molecule has 0 aromatic heterocycles. The quantitative estimate of drug-likeness (QED) is 0.730. The van der Waals surface area contributed by atoms with E-state index in [1.165, 1.54) is 44.9 Å². The van der Waals surface area contributed by atoms with Crippen molar-refractivity contribution in [1.29, 1.82) is 0 Å². The van der Waals surface area contributed by atoms with E-state index in [0.29, 0.717) is 6.04 Å². The van der Waals surface area contributed by atoms with Crippen molar-refractivity contribution < 1.29 is 4.79 Å². The second-order valence-corrected chi connectivity index (χ2v) is 5.47. The van der Waals surface area contributed by atoms with Crippen molar-refractivity contribution >= 4 is 6.03 Å². The Morgan fingerprint density at radius 3 is 2.38 bits per heavy atom. The molecule has 0 radical (unpaired) electrons. The molecule has 3 heteroatoms. The molecule has 2 rings (SSSR count). The van der Waals surface area contributed by atoms with E-state index in [0.717, 1.165) is 19.0 Å². The minimum absolute atomic E-state index is 0.181. The molecule has 0 spiro atoms. The van der Waals surface area contributed by atoms with Crippen LogP contribution in [0.2, 0.25) is 0 Å². The van der Waals surface area contributed by atoms with Crippen molar-refractivity contribution in [3.8, 4) is 0 Å². The molecule has 1 heterocycles. The molecule has 0 aromatic rings. The highest BCUT2D eigenvalue weighted by Crippen LogP contribution is 2.24. The van der Waals surface area contributed by atoms with Gasteiger partial charge in [-0.2, -0.15) is 0 Å². The molecule has 2 aliphatic rings. The minimum Gasteiger partial charge on any atom is -0.335 e. The summed E-state index contributed by atoms with van der Waals surface area (Å²) in [6, 6.07) is 0.617. The molecular formula is C13H24N2O. The van der Waals surface area contributed by atoms with Crippen molar-refractivity contribution in [3.05, 3.63) is 0 Å². The van der Waals surface area contributed by atoms with Gasteiger partial charge in [0.2, 0.25) is 0 Å². The van der Waals surface area contributed by atoms with Crippen molar-refractivity contribution in [1.82, 2.24) is 10.2 Å². The number of carbonyl (C=O) groups is 1. The molecule has 2 amide bonds. The molecular weight excluding hydrogens is 200 g/mol. The number of hydrogen-bond acceptors (Lipinski definition) is 1. The summed E-state index contributed by atoms with van der Waals surface area (Å²) in [7, 11) is 0. The minimum atomic E-state index is 0.181. The first-order chi connectivity index (χ1) is 7.75. The van der Waals surface area contributed by atoms with Gasteiger partial charge in [-0.15, -0.1) is 0 Å². The van der Waals surface area contributed by atoms with Crippen molar-refractivity contribution in [2.24, 2.45) is 5.92 Å². The third-order valence-corrected chi connectivity index (χ3v) is 3.92. The van der Waals surface area contributed by atoms with Crippen molar-refractivity contribution in [2.75, 3.05) is 13.1 Å². The maximum absolute atomic E-state index is 12.0. The van der Waals surface area contributed by atoms with E-state index in [1.807, 2.05) is 4.90 Å². The third kappa shape index (κ3) is 3.13. The van der Waals surface area contributed by atoms with Crippen LogP contribution in [0.25, 0.3) is 0 Å². The zero-order valence-electron chi connectivity index (χ0n) is 10.4. The summed E-state index contributed by atoms with van der Waals surface area (Å²) in [5, 5.41) is 3.19. The Kier molecular flexibility index (Phi) is 4.08. The lowest BCUT2D eigenvalue weighted by Gasteiger charge is -2.23. The molecule has 0 aromatic carbocycles. The van der Waals surface area contributed by atoms with E-state index < -0.39 is 0 Å².